The third-order valence-electron chi connectivity index (χ3n) is 6.73. The maximum absolute atomic E-state index is 11.9. The summed E-state index contributed by atoms with van der Waals surface area (Å²) in [6.45, 7) is 1.91. The van der Waals surface area contributed by atoms with E-state index in [-0.39, 0.29) is 11.5 Å². The predicted molar refractivity (Wildman–Crippen MR) is 147 cm³/mol. The highest BCUT2D eigenvalue weighted by Crippen LogP contribution is 2.38. The van der Waals surface area contributed by atoms with Crippen molar-refractivity contribution >= 4 is 43.2 Å². The Morgan fingerprint density at radius 1 is 1.05 bits per heavy atom. The maximum atomic E-state index is 11.9. The third-order valence-corrected chi connectivity index (χ3v) is 8.90. The molecule has 12 heteroatoms. The second-order valence-corrected chi connectivity index (χ2v) is 12.6. The Morgan fingerprint density at radius 3 is 2.55 bits per heavy atom. The normalized spacial score (nSPS) is 21.6. The summed E-state index contributed by atoms with van der Waals surface area (Å²) in [4.78, 5) is 14.3. The molecule has 1 aliphatic carbocycles. The summed E-state index contributed by atoms with van der Waals surface area (Å²) in [6.07, 6.45) is -0.602. The lowest BCUT2D eigenvalue weighted by molar-refractivity contribution is 0.00446. The van der Waals surface area contributed by atoms with Crippen LogP contribution in [0.1, 0.15) is 17.7 Å². The number of hydrogen-bond donors (Lipinski definition) is 5. The monoisotopic (exact) mass is 555 g/mol. The third kappa shape index (κ3) is 5.36. The van der Waals surface area contributed by atoms with Crippen LogP contribution >= 0.6 is 11.3 Å². The second-order valence-electron chi connectivity index (χ2n) is 9.53. The Hall–Kier alpha value is -3.16. The fraction of sp³-hybridized carbons (Fsp3) is 0.346. The van der Waals surface area contributed by atoms with E-state index in [0.717, 1.165) is 15.8 Å². The van der Waals surface area contributed by atoms with Crippen LogP contribution in [0.25, 0.3) is 20.8 Å². The Labute approximate surface area is 224 Å². The van der Waals surface area contributed by atoms with Crippen LogP contribution in [0.3, 0.4) is 0 Å². The van der Waals surface area contributed by atoms with E-state index in [4.69, 9.17) is 9.97 Å². The summed E-state index contributed by atoms with van der Waals surface area (Å²) < 4.78 is 24.9. The van der Waals surface area contributed by atoms with Gasteiger partial charge in [-0.25, -0.2) is 18.4 Å². The first kappa shape index (κ1) is 26.4. The van der Waals surface area contributed by atoms with Crippen LogP contribution in [-0.4, -0.2) is 69.8 Å². The molecule has 10 nitrogen and oxygen atoms in total. The van der Waals surface area contributed by atoms with Crippen LogP contribution in [0.5, 0.6) is 0 Å². The molecule has 5 rings (SSSR count). The van der Waals surface area contributed by atoms with E-state index < -0.39 is 34.0 Å². The molecule has 200 valence electrons. The number of aromatic nitrogens is 3. The SMILES string of the molecule is Cc1nc(NCc2cccc(S(C)(=O)=O)c2)nc(N[C@@H]2C[C@H](CO)[C@@H](O)[C@H]2O)c1-c1nc2ccccc2s1. The van der Waals surface area contributed by atoms with E-state index in [2.05, 4.69) is 15.6 Å². The predicted octanol–water partition coefficient (Wildman–Crippen LogP) is 2.59. The highest BCUT2D eigenvalue weighted by atomic mass is 32.2. The van der Waals surface area contributed by atoms with Gasteiger partial charge in [-0.2, -0.15) is 4.98 Å². The van der Waals surface area contributed by atoms with Crippen LogP contribution in [-0.2, 0) is 16.4 Å². The number of rotatable bonds is 8. The number of aliphatic hydroxyl groups is 3. The molecule has 0 saturated heterocycles. The van der Waals surface area contributed by atoms with Crippen molar-refractivity contribution in [1.82, 2.24) is 15.0 Å². The fourth-order valence-corrected chi connectivity index (χ4v) is 6.44. The number of sulfone groups is 1. The van der Waals surface area contributed by atoms with Gasteiger partial charge in [0, 0.05) is 25.3 Å². The van der Waals surface area contributed by atoms with Gasteiger partial charge < -0.3 is 26.0 Å². The van der Waals surface area contributed by atoms with Crippen molar-refractivity contribution in [2.24, 2.45) is 5.92 Å². The Morgan fingerprint density at radius 2 is 1.84 bits per heavy atom. The first-order valence-electron chi connectivity index (χ1n) is 12.1. The van der Waals surface area contributed by atoms with Gasteiger partial charge >= 0.3 is 0 Å². The number of aryl methyl sites for hydroxylation is 1. The highest BCUT2D eigenvalue weighted by Gasteiger charge is 2.41. The molecule has 38 heavy (non-hydrogen) atoms. The van der Waals surface area contributed by atoms with Gasteiger partial charge in [-0.05, 0) is 43.2 Å². The number of anilines is 2. The molecule has 5 N–H and O–H groups in total. The van der Waals surface area contributed by atoms with Crippen LogP contribution in [0, 0.1) is 12.8 Å². The Bertz CT molecular complexity index is 1540. The molecule has 0 bridgehead atoms. The fourth-order valence-electron chi connectivity index (χ4n) is 4.68. The van der Waals surface area contributed by atoms with Crippen molar-refractivity contribution in [3.8, 4) is 10.6 Å². The summed E-state index contributed by atoms with van der Waals surface area (Å²) in [7, 11) is -3.34. The van der Waals surface area contributed by atoms with Gasteiger partial charge in [0.1, 0.15) is 16.9 Å². The molecule has 1 aliphatic rings. The summed E-state index contributed by atoms with van der Waals surface area (Å²) in [5.41, 5.74) is 2.94. The number of thiazole rings is 1. The molecule has 4 atom stereocenters. The minimum atomic E-state index is -3.34. The number of nitrogens with one attached hydrogen (secondary N) is 2. The highest BCUT2D eigenvalue weighted by molar-refractivity contribution is 7.90. The van der Waals surface area contributed by atoms with Gasteiger partial charge in [-0.3, -0.25) is 0 Å². The van der Waals surface area contributed by atoms with E-state index in [0.29, 0.717) is 41.0 Å². The lowest BCUT2D eigenvalue weighted by Crippen LogP contribution is -2.35. The minimum absolute atomic E-state index is 0.231. The molecule has 4 aromatic rings. The molecule has 2 heterocycles. The number of nitrogens with zero attached hydrogens (tertiary/aromatic N) is 3. The standard InChI is InChI=1S/C26H29N5O5S2/c1-14-21(25-30-18-8-3-4-9-20(18)37-25)24(29-19-11-16(13-32)22(33)23(19)34)31-26(28-14)27-12-15-6-5-7-17(10-15)38(2,35)36/h3-10,16,19,22-23,32-34H,11-13H2,1-2H3,(H2,27,28,29,31)/t16-,19-,22-,23+/m1/s1. The van der Waals surface area contributed by atoms with E-state index in [1.54, 1.807) is 18.2 Å². The molecule has 2 aromatic heterocycles. The molecule has 0 unspecified atom stereocenters. The quantitative estimate of drug-likeness (QED) is 0.219. The van der Waals surface area contributed by atoms with Crippen LogP contribution < -0.4 is 10.6 Å². The van der Waals surface area contributed by atoms with Crippen LogP contribution in [0.15, 0.2) is 53.4 Å². The van der Waals surface area contributed by atoms with Crippen molar-refractivity contribution in [2.75, 3.05) is 23.5 Å². The zero-order valence-corrected chi connectivity index (χ0v) is 22.5. The molecule has 0 aliphatic heterocycles. The number of para-hydroxylation sites is 1. The lowest BCUT2D eigenvalue weighted by Gasteiger charge is -2.21. The summed E-state index contributed by atoms with van der Waals surface area (Å²) in [6, 6.07) is 13.9. The van der Waals surface area contributed by atoms with E-state index >= 15 is 0 Å². The van der Waals surface area contributed by atoms with E-state index in [9.17, 15) is 23.7 Å². The van der Waals surface area contributed by atoms with Gasteiger partial charge in [0.25, 0.3) is 0 Å². The van der Waals surface area contributed by atoms with Crippen LogP contribution in [0.4, 0.5) is 11.8 Å². The zero-order valence-electron chi connectivity index (χ0n) is 20.9. The number of aliphatic hydroxyl groups excluding tert-OH is 3. The summed E-state index contributed by atoms with van der Waals surface area (Å²) in [5.74, 6) is 0.307. The largest absolute Gasteiger partial charge is 0.396 e. The minimum Gasteiger partial charge on any atom is -0.396 e. The first-order chi connectivity index (χ1) is 18.1. The maximum Gasteiger partial charge on any atom is 0.225 e. The summed E-state index contributed by atoms with van der Waals surface area (Å²) >= 11 is 1.50. The number of hydrogen-bond acceptors (Lipinski definition) is 11. The Kier molecular flexibility index (Phi) is 7.34. The average molecular weight is 556 g/mol. The average Bonchev–Trinajstić information content (AvgIpc) is 3.43. The lowest BCUT2D eigenvalue weighted by atomic mass is 10.1. The first-order valence-corrected chi connectivity index (χ1v) is 14.9. The van der Waals surface area contributed by atoms with Gasteiger partial charge in [0.15, 0.2) is 9.84 Å². The molecule has 0 radical (unpaired) electrons. The molecular weight excluding hydrogens is 526 g/mol. The molecule has 0 spiro atoms. The van der Waals surface area contributed by atoms with Crippen molar-refractivity contribution in [2.45, 2.75) is 43.0 Å². The molecule has 1 fully saturated rings. The van der Waals surface area contributed by atoms with Crippen molar-refractivity contribution in [1.29, 1.82) is 0 Å². The molecule has 0 amide bonds. The van der Waals surface area contributed by atoms with Gasteiger partial charge in [-0.15, -0.1) is 11.3 Å². The smallest absolute Gasteiger partial charge is 0.225 e. The molecule has 1 saturated carbocycles. The van der Waals surface area contributed by atoms with Crippen molar-refractivity contribution < 1.29 is 23.7 Å². The van der Waals surface area contributed by atoms with Crippen molar-refractivity contribution in [3.05, 3.63) is 59.8 Å². The van der Waals surface area contributed by atoms with Crippen LogP contribution in [0.2, 0.25) is 0 Å². The van der Waals surface area contributed by atoms with E-state index in [1.807, 2.05) is 37.3 Å². The van der Waals surface area contributed by atoms with Gasteiger partial charge in [0.05, 0.1) is 38.5 Å². The Balaban J connectivity index is 1.49. The van der Waals surface area contributed by atoms with Crippen molar-refractivity contribution in [3.63, 3.8) is 0 Å². The zero-order chi connectivity index (χ0) is 27.0. The van der Waals surface area contributed by atoms with Gasteiger partial charge in [0.2, 0.25) is 5.95 Å². The molecule has 2 aromatic carbocycles. The topological polar surface area (TPSA) is 158 Å². The summed E-state index contributed by atoms with van der Waals surface area (Å²) in [5, 5.41) is 37.7. The van der Waals surface area contributed by atoms with Gasteiger partial charge in [-0.1, -0.05) is 24.3 Å². The second kappa shape index (κ2) is 10.5. The number of fused-ring (bicyclic) bond motifs is 1. The molecular formula is C26H29N5O5S2. The van der Waals surface area contributed by atoms with E-state index in [1.165, 1.54) is 17.6 Å². The number of benzene rings is 2.